The monoisotopic (exact) mass is 192 g/mol. The van der Waals surface area contributed by atoms with Gasteiger partial charge in [0.15, 0.2) is 0 Å². The fourth-order valence-electron chi connectivity index (χ4n) is 1.42. The predicted molar refractivity (Wildman–Crippen MR) is 58.6 cm³/mol. The molecule has 3 heteroatoms. The van der Waals surface area contributed by atoms with E-state index in [0.29, 0.717) is 0 Å². The largest absolute Gasteiger partial charge is 0.351 e. The summed E-state index contributed by atoms with van der Waals surface area (Å²) in [6, 6.07) is 3.48. The van der Waals surface area contributed by atoms with Crippen molar-refractivity contribution in [1.29, 1.82) is 0 Å². The number of amides is 2. The van der Waals surface area contributed by atoms with Crippen LogP contribution in [0.25, 0.3) is 0 Å². The second kappa shape index (κ2) is 3.70. The van der Waals surface area contributed by atoms with Gasteiger partial charge in [-0.05, 0) is 43.5 Å². The number of hydrogen-bond acceptors (Lipinski definition) is 1. The van der Waals surface area contributed by atoms with E-state index in [4.69, 9.17) is 5.73 Å². The normalized spacial score (nSPS) is 10.0. The maximum Gasteiger partial charge on any atom is 0.319 e. The Kier molecular flexibility index (Phi) is 2.79. The molecule has 0 heterocycles. The van der Waals surface area contributed by atoms with Crippen LogP contribution in [0.1, 0.15) is 16.7 Å². The minimum atomic E-state index is -0.434. The molecular formula is C11H16N2O. The van der Waals surface area contributed by atoms with Crippen molar-refractivity contribution in [1.82, 2.24) is 0 Å². The zero-order valence-electron chi connectivity index (χ0n) is 9.09. The van der Waals surface area contributed by atoms with Crippen molar-refractivity contribution in [2.75, 3.05) is 11.9 Å². The SMILES string of the molecule is Cc1ccc(N(C)C(N)=O)c(C)c1C. The van der Waals surface area contributed by atoms with Gasteiger partial charge in [0, 0.05) is 12.7 Å². The van der Waals surface area contributed by atoms with E-state index < -0.39 is 6.03 Å². The van der Waals surface area contributed by atoms with Crippen LogP contribution in [0.5, 0.6) is 0 Å². The van der Waals surface area contributed by atoms with Gasteiger partial charge in [0.1, 0.15) is 0 Å². The molecule has 2 N–H and O–H groups in total. The second-order valence-corrected chi connectivity index (χ2v) is 3.55. The molecule has 3 nitrogen and oxygen atoms in total. The van der Waals surface area contributed by atoms with Crippen LogP contribution < -0.4 is 10.6 Å². The molecular weight excluding hydrogens is 176 g/mol. The van der Waals surface area contributed by atoms with Crippen LogP contribution in [0.3, 0.4) is 0 Å². The van der Waals surface area contributed by atoms with Gasteiger partial charge in [0.25, 0.3) is 0 Å². The molecule has 0 aliphatic heterocycles. The molecule has 0 aliphatic rings. The van der Waals surface area contributed by atoms with Crippen molar-refractivity contribution >= 4 is 11.7 Å². The number of urea groups is 1. The molecule has 0 aromatic heterocycles. The molecule has 0 saturated heterocycles. The Balaban J connectivity index is 3.24. The first-order chi connectivity index (χ1) is 6.45. The highest BCUT2D eigenvalue weighted by atomic mass is 16.2. The average Bonchev–Trinajstić information content (AvgIpc) is 2.13. The van der Waals surface area contributed by atoms with E-state index in [1.165, 1.54) is 16.0 Å². The number of aryl methyl sites for hydroxylation is 1. The lowest BCUT2D eigenvalue weighted by molar-refractivity contribution is 0.255. The zero-order valence-corrected chi connectivity index (χ0v) is 9.09. The second-order valence-electron chi connectivity index (χ2n) is 3.55. The first kappa shape index (κ1) is 10.6. The standard InChI is InChI=1S/C11H16N2O/c1-7-5-6-10(9(3)8(7)2)13(4)11(12)14/h5-6H,1-4H3,(H2,12,14). The number of carbonyl (C=O) groups is 1. The van der Waals surface area contributed by atoms with E-state index in [0.717, 1.165) is 11.3 Å². The molecule has 0 bridgehead atoms. The minimum Gasteiger partial charge on any atom is -0.351 e. The zero-order chi connectivity index (χ0) is 10.9. The molecule has 1 rings (SSSR count). The summed E-state index contributed by atoms with van der Waals surface area (Å²) in [5.74, 6) is 0. The number of nitrogens with zero attached hydrogens (tertiary/aromatic N) is 1. The van der Waals surface area contributed by atoms with Gasteiger partial charge >= 0.3 is 6.03 Å². The van der Waals surface area contributed by atoms with Gasteiger partial charge in [0.2, 0.25) is 0 Å². The van der Waals surface area contributed by atoms with Crippen molar-refractivity contribution in [3.05, 3.63) is 28.8 Å². The first-order valence-corrected chi connectivity index (χ1v) is 4.55. The van der Waals surface area contributed by atoms with Crippen LogP contribution in [0.2, 0.25) is 0 Å². The van der Waals surface area contributed by atoms with Gasteiger partial charge in [-0.2, -0.15) is 0 Å². The van der Waals surface area contributed by atoms with Crippen LogP contribution >= 0.6 is 0 Å². The Hall–Kier alpha value is -1.51. The van der Waals surface area contributed by atoms with Gasteiger partial charge in [-0.3, -0.25) is 4.90 Å². The summed E-state index contributed by atoms with van der Waals surface area (Å²) in [4.78, 5) is 12.5. The predicted octanol–water partition coefficient (Wildman–Crippen LogP) is 2.13. The lowest BCUT2D eigenvalue weighted by Crippen LogP contribution is -2.32. The highest BCUT2D eigenvalue weighted by Gasteiger charge is 2.11. The Morgan fingerprint density at radius 1 is 1.21 bits per heavy atom. The van der Waals surface area contributed by atoms with Crippen LogP contribution in [-0.4, -0.2) is 13.1 Å². The Morgan fingerprint density at radius 3 is 2.29 bits per heavy atom. The summed E-state index contributed by atoms with van der Waals surface area (Å²) in [6.45, 7) is 6.09. The molecule has 76 valence electrons. The summed E-state index contributed by atoms with van der Waals surface area (Å²) < 4.78 is 0. The topological polar surface area (TPSA) is 46.3 Å². The van der Waals surface area contributed by atoms with Crippen molar-refractivity contribution < 1.29 is 4.79 Å². The molecule has 0 unspecified atom stereocenters. The number of hydrogen-bond donors (Lipinski definition) is 1. The maximum absolute atomic E-state index is 11.0. The van der Waals surface area contributed by atoms with Gasteiger partial charge in [0.05, 0.1) is 0 Å². The number of anilines is 1. The van der Waals surface area contributed by atoms with E-state index in [1.54, 1.807) is 7.05 Å². The summed E-state index contributed by atoms with van der Waals surface area (Å²) in [6.07, 6.45) is 0. The first-order valence-electron chi connectivity index (χ1n) is 4.55. The molecule has 2 amide bonds. The highest BCUT2D eigenvalue weighted by molar-refractivity contribution is 5.91. The van der Waals surface area contributed by atoms with E-state index in [2.05, 4.69) is 6.92 Å². The number of nitrogens with two attached hydrogens (primary N) is 1. The van der Waals surface area contributed by atoms with Crippen molar-refractivity contribution in [3.63, 3.8) is 0 Å². The van der Waals surface area contributed by atoms with Crippen LogP contribution in [0.15, 0.2) is 12.1 Å². The summed E-state index contributed by atoms with van der Waals surface area (Å²) >= 11 is 0. The molecule has 0 atom stereocenters. The van der Waals surface area contributed by atoms with Crippen molar-refractivity contribution in [2.24, 2.45) is 5.73 Å². The number of benzene rings is 1. The number of carbonyl (C=O) groups excluding carboxylic acids is 1. The average molecular weight is 192 g/mol. The molecule has 0 aliphatic carbocycles. The van der Waals surface area contributed by atoms with E-state index in [9.17, 15) is 4.79 Å². The summed E-state index contributed by atoms with van der Waals surface area (Å²) in [7, 11) is 1.68. The molecule has 14 heavy (non-hydrogen) atoms. The Morgan fingerprint density at radius 2 is 1.79 bits per heavy atom. The van der Waals surface area contributed by atoms with Gasteiger partial charge in [-0.1, -0.05) is 6.07 Å². The fraction of sp³-hybridized carbons (Fsp3) is 0.364. The summed E-state index contributed by atoms with van der Waals surface area (Å²) in [5, 5.41) is 0. The lowest BCUT2D eigenvalue weighted by Gasteiger charge is -2.19. The Bertz CT molecular complexity index is 372. The minimum absolute atomic E-state index is 0.434. The third-order valence-electron chi connectivity index (χ3n) is 2.72. The third-order valence-corrected chi connectivity index (χ3v) is 2.72. The van der Waals surface area contributed by atoms with E-state index in [1.807, 2.05) is 26.0 Å². The lowest BCUT2D eigenvalue weighted by atomic mass is 10.0. The van der Waals surface area contributed by atoms with Gasteiger partial charge in [-0.25, -0.2) is 4.79 Å². The molecule has 1 aromatic carbocycles. The van der Waals surface area contributed by atoms with Crippen molar-refractivity contribution in [2.45, 2.75) is 20.8 Å². The molecule has 0 spiro atoms. The van der Waals surface area contributed by atoms with Crippen LogP contribution in [0, 0.1) is 20.8 Å². The van der Waals surface area contributed by atoms with E-state index in [-0.39, 0.29) is 0 Å². The smallest absolute Gasteiger partial charge is 0.319 e. The van der Waals surface area contributed by atoms with E-state index >= 15 is 0 Å². The molecule has 0 radical (unpaired) electrons. The molecule has 0 fully saturated rings. The summed E-state index contributed by atoms with van der Waals surface area (Å²) in [5.41, 5.74) is 9.62. The quantitative estimate of drug-likeness (QED) is 0.728. The third kappa shape index (κ3) is 1.71. The molecule has 0 saturated carbocycles. The Labute approximate surface area is 84.5 Å². The van der Waals surface area contributed by atoms with Crippen molar-refractivity contribution in [3.8, 4) is 0 Å². The number of primary amides is 1. The number of rotatable bonds is 1. The molecule has 1 aromatic rings. The highest BCUT2D eigenvalue weighted by Crippen LogP contribution is 2.24. The van der Waals surface area contributed by atoms with Gasteiger partial charge in [-0.15, -0.1) is 0 Å². The maximum atomic E-state index is 11.0. The fourth-order valence-corrected chi connectivity index (χ4v) is 1.42. The van der Waals surface area contributed by atoms with Crippen LogP contribution in [-0.2, 0) is 0 Å². The van der Waals surface area contributed by atoms with Crippen LogP contribution in [0.4, 0.5) is 10.5 Å². The van der Waals surface area contributed by atoms with Gasteiger partial charge < -0.3 is 5.73 Å².